The second kappa shape index (κ2) is 2.00. The van der Waals surface area contributed by atoms with Gasteiger partial charge >= 0.3 is 0 Å². The lowest BCUT2D eigenvalue weighted by atomic mass is 9.64. The maximum absolute atomic E-state index is 8.57. The van der Waals surface area contributed by atoms with Crippen molar-refractivity contribution >= 4 is 0 Å². The van der Waals surface area contributed by atoms with Gasteiger partial charge in [-0.3, -0.25) is 0 Å². The van der Waals surface area contributed by atoms with E-state index in [1.54, 1.807) is 0 Å². The van der Waals surface area contributed by atoms with E-state index in [4.69, 9.17) is 11.0 Å². The average Bonchev–Trinajstić information content (AvgIpc) is 1.81. The molecule has 9 heavy (non-hydrogen) atoms. The van der Waals surface area contributed by atoms with E-state index in [0.717, 1.165) is 19.4 Å². The van der Waals surface area contributed by atoms with Crippen molar-refractivity contribution < 1.29 is 0 Å². The molecule has 1 aliphatic carbocycles. The molecule has 1 saturated carbocycles. The third kappa shape index (κ3) is 1.06. The van der Waals surface area contributed by atoms with Gasteiger partial charge in [0, 0.05) is 0 Å². The van der Waals surface area contributed by atoms with Gasteiger partial charge in [0.25, 0.3) is 0 Å². The minimum atomic E-state index is -0.0377. The first-order valence-electron chi connectivity index (χ1n) is 3.31. The molecule has 2 heteroatoms. The van der Waals surface area contributed by atoms with E-state index in [-0.39, 0.29) is 5.41 Å². The maximum Gasteiger partial charge on any atom is 0.0687 e. The Hall–Kier alpha value is -0.550. The van der Waals surface area contributed by atoms with Gasteiger partial charge in [0.15, 0.2) is 0 Å². The van der Waals surface area contributed by atoms with Crippen molar-refractivity contribution in [3.05, 3.63) is 0 Å². The van der Waals surface area contributed by atoms with E-state index in [0.29, 0.717) is 5.92 Å². The number of hydrogen-bond acceptors (Lipinski definition) is 2. The molecule has 0 bridgehead atoms. The van der Waals surface area contributed by atoms with Gasteiger partial charge in [-0.15, -0.1) is 0 Å². The van der Waals surface area contributed by atoms with Crippen molar-refractivity contribution in [2.45, 2.75) is 19.8 Å². The zero-order valence-corrected chi connectivity index (χ0v) is 5.72. The molecule has 1 rings (SSSR count). The SMILES string of the molecule is CC1(C#N)CC(CN)C1. The quantitative estimate of drug-likeness (QED) is 0.564. The van der Waals surface area contributed by atoms with Crippen molar-refractivity contribution in [3.63, 3.8) is 0 Å². The summed E-state index contributed by atoms with van der Waals surface area (Å²) in [5, 5.41) is 8.57. The first kappa shape index (κ1) is 6.57. The molecule has 0 radical (unpaired) electrons. The molecule has 0 atom stereocenters. The van der Waals surface area contributed by atoms with Crippen molar-refractivity contribution in [1.82, 2.24) is 0 Å². The van der Waals surface area contributed by atoms with Gasteiger partial charge in [-0.1, -0.05) is 0 Å². The second-order valence-corrected chi connectivity index (χ2v) is 3.18. The molecule has 0 aromatic rings. The van der Waals surface area contributed by atoms with Gasteiger partial charge in [-0.25, -0.2) is 0 Å². The molecule has 1 aliphatic rings. The number of rotatable bonds is 1. The highest BCUT2D eigenvalue weighted by atomic mass is 14.6. The summed E-state index contributed by atoms with van der Waals surface area (Å²) < 4.78 is 0. The second-order valence-electron chi connectivity index (χ2n) is 3.18. The number of nitriles is 1. The lowest BCUT2D eigenvalue weighted by Gasteiger charge is -2.39. The zero-order valence-electron chi connectivity index (χ0n) is 5.72. The molecule has 0 saturated heterocycles. The molecule has 0 heterocycles. The van der Waals surface area contributed by atoms with E-state index in [1.807, 2.05) is 6.92 Å². The van der Waals surface area contributed by atoms with Gasteiger partial charge in [0.05, 0.1) is 11.5 Å². The number of hydrogen-bond donors (Lipinski definition) is 1. The summed E-state index contributed by atoms with van der Waals surface area (Å²) in [6, 6.07) is 2.29. The van der Waals surface area contributed by atoms with Gasteiger partial charge in [0.1, 0.15) is 0 Å². The highest BCUT2D eigenvalue weighted by Crippen LogP contribution is 2.43. The molecule has 2 N–H and O–H groups in total. The van der Waals surface area contributed by atoms with Crippen LogP contribution in [-0.4, -0.2) is 6.54 Å². The molecule has 2 nitrogen and oxygen atoms in total. The Kier molecular flexibility index (Phi) is 1.46. The van der Waals surface area contributed by atoms with Crippen LogP contribution in [0, 0.1) is 22.7 Å². The van der Waals surface area contributed by atoms with E-state index >= 15 is 0 Å². The minimum Gasteiger partial charge on any atom is -0.330 e. The molecule has 0 aliphatic heterocycles. The van der Waals surface area contributed by atoms with Crippen LogP contribution in [0.1, 0.15) is 19.8 Å². The summed E-state index contributed by atoms with van der Waals surface area (Å²) in [5.74, 6) is 0.620. The molecule has 0 amide bonds. The van der Waals surface area contributed by atoms with Crippen LogP contribution in [0.5, 0.6) is 0 Å². The van der Waals surface area contributed by atoms with E-state index < -0.39 is 0 Å². The minimum absolute atomic E-state index is 0.0377. The highest BCUT2D eigenvalue weighted by molar-refractivity contribution is 5.05. The van der Waals surface area contributed by atoms with Crippen LogP contribution in [0.25, 0.3) is 0 Å². The van der Waals surface area contributed by atoms with Gasteiger partial charge in [-0.2, -0.15) is 5.26 Å². The molecular weight excluding hydrogens is 112 g/mol. The van der Waals surface area contributed by atoms with Crippen LogP contribution in [0.3, 0.4) is 0 Å². The highest BCUT2D eigenvalue weighted by Gasteiger charge is 2.39. The van der Waals surface area contributed by atoms with Crippen LogP contribution in [-0.2, 0) is 0 Å². The van der Waals surface area contributed by atoms with E-state index in [2.05, 4.69) is 6.07 Å². The Morgan fingerprint density at radius 1 is 1.78 bits per heavy atom. The summed E-state index contributed by atoms with van der Waals surface area (Å²) in [6.45, 7) is 2.75. The van der Waals surface area contributed by atoms with Crippen molar-refractivity contribution in [2.75, 3.05) is 6.54 Å². The Morgan fingerprint density at radius 3 is 2.67 bits per heavy atom. The van der Waals surface area contributed by atoms with Crippen LogP contribution in [0.15, 0.2) is 0 Å². The Balaban J connectivity index is 2.35. The smallest absolute Gasteiger partial charge is 0.0687 e. The van der Waals surface area contributed by atoms with Crippen molar-refractivity contribution in [1.29, 1.82) is 5.26 Å². The summed E-state index contributed by atoms with van der Waals surface area (Å²) in [5.41, 5.74) is 5.36. The van der Waals surface area contributed by atoms with Gasteiger partial charge < -0.3 is 5.73 Å². The molecular formula is C7H12N2. The van der Waals surface area contributed by atoms with Gasteiger partial charge in [0.2, 0.25) is 0 Å². The molecule has 1 fully saturated rings. The Morgan fingerprint density at radius 2 is 2.33 bits per heavy atom. The molecule has 0 aromatic heterocycles. The van der Waals surface area contributed by atoms with Crippen molar-refractivity contribution in [3.8, 4) is 6.07 Å². The number of nitrogens with two attached hydrogens (primary N) is 1. The van der Waals surface area contributed by atoms with E-state index in [9.17, 15) is 0 Å². The Labute approximate surface area is 55.7 Å². The molecule has 0 spiro atoms. The first-order chi connectivity index (χ1) is 4.20. The predicted molar refractivity (Wildman–Crippen MR) is 35.5 cm³/mol. The van der Waals surface area contributed by atoms with Crippen LogP contribution in [0.2, 0.25) is 0 Å². The van der Waals surface area contributed by atoms with E-state index in [1.165, 1.54) is 0 Å². The summed E-state index contributed by atoms with van der Waals surface area (Å²) in [4.78, 5) is 0. The third-order valence-electron chi connectivity index (χ3n) is 2.08. The fraction of sp³-hybridized carbons (Fsp3) is 0.857. The topological polar surface area (TPSA) is 49.8 Å². The Bertz CT molecular complexity index is 139. The fourth-order valence-electron chi connectivity index (χ4n) is 1.47. The average molecular weight is 124 g/mol. The summed E-state index contributed by atoms with van der Waals surface area (Å²) in [7, 11) is 0. The molecule has 50 valence electrons. The van der Waals surface area contributed by atoms with Crippen LogP contribution < -0.4 is 5.73 Å². The van der Waals surface area contributed by atoms with Gasteiger partial charge in [-0.05, 0) is 32.2 Å². The molecule has 0 aromatic carbocycles. The standard InChI is InChI=1S/C7H12N2/c1-7(5-9)2-6(3-7)4-8/h6H,2-4,8H2,1H3. The predicted octanol–water partition coefficient (Wildman–Crippen LogP) is 0.885. The summed E-state index contributed by atoms with van der Waals surface area (Å²) in [6.07, 6.45) is 2.00. The van der Waals surface area contributed by atoms with Crippen molar-refractivity contribution in [2.24, 2.45) is 17.1 Å². The lowest BCUT2D eigenvalue weighted by molar-refractivity contribution is 0.144. The number of nitrogens with zero attached hydrogens (tertiary/aromatic N) is 1. The normalized spacial score (nSPS) is 41.2. The third-order valence-corrected chi connectivity index (χ3v) is 2.08. The summed E-state index contributed by atoms with van der Waals surface area (Å²) >= 11 is 0. The first-order valence-corrected chi connectivity index (χ1v) is 3.31. The molecule has 0 unspecified atom stereocenters. The monoisotopic (exact) mass is 124 g/mol. The lowest BCUT2D eigenvalue weighted by Crippen LogP contribution is -2.37. The fourth-order valence-corrected chi connectivity index (χ4v) is 1.47. The van der Waals surface area contributed by atoms with Crippen LogP contribution >= 0.6 is 0 Å². The maximum atomic E-state index is 8.57. The zero-order chi connectivity index (χ0) is 6.91. The largest absolute Gasteiger partial charge is 0.330 e. The van der Waals surface area contributed by atoms with Crippen LogP contribution in [0.4, 0.5) is 0 Å².